The second-order valence-corrected chi connectivity index (χ2v) is 5.44. The van der Waals surface area contributed by atoms with Crippen molar-refractivity contribution in [3.63, 3.8) is 0 Å². The fourth-order valence-electron chi connectivity index (χ4n) is 2.65. The van der Waals surface area contributed by atoms with Crippen LogP contribution in [0, 0.1) is 11.3 Å². The predicted molar refractivity (Wildman–Crippen MR) is 74.9 cm³/mol. The Kier molecular flexibility index (Phi) is 4.11. The molecule has 0 bridgehead atoms. The Morgan fingerprint density at radius 3 is 2.85 bits per heavy atom. The molecule has 2 heterocycles. The summed E-state index contributed by atoms with van der Waals surface area (Å²) in [4.78, 5) is 21.9. The number of aliphatic carboxylic acids is 1. The van der Waals surface area contributed by atoms with Crippen LogP contribution in [-0.2, 0) is 4.79 Å². The van der Waals surface area contributed by atoms with Gasteiger partial charge in [0.2, 0.25) is 5.88 Å². The predicted octanol–water partition coefficient (Wildman–Crippen LogP) is 1.81. The molecule has 0 aliphatic carbocycles. The van der Waals surface area contributed by atoms with E-state index in [2.05, 4.69) is 9.97 Å². The average molecular weight is 279 g/mol. The number of ether oxygens (including phenoxy) is 1. The Morgan fingerprint density at radius 1 is 1.55 bits per heavy atom. The van der Waals surface area contributed by atoms with Crippen LogP contribution in [0.2, 0.25) is 0 Å². The fourth-order valence-corrected chi connectivity index (χ4v) is 2.65. The highest BCUT2D eigenvalue weighted by atomic mass is 16.5. The lowest BCUT2D eigenvalue weighted by Crippen LogP contribution is -2.39. The number of carboxylic acids is 1. The molecule has 0 saturated carbocycles. The molecule has 6 heteroatoms. The fraction of sp³-hybridized carbons (Fsp3) is 0.643. The van der Waals surface area contributed by atoms with E-state index in [1.165, 1.54) is 6.33 Å². The maximum absolute atomic E-state index is 11.6. The van der Waals surface area contributed by atoms with Crippen molar-refractivity contribution in [1.82, 2.24) is 9.97 Å². The first kappa shape index (κ1) is 14.6. The Balaban J connectivity index is 2.20. The van der Waals surface area contributed by atoms with E-state index in [0.29, 0.717) is 32.0 Å². The minimum Gasteiger partial charge on any atom is -0.481 e. The van der Waals surface area contributed by atoms with Gasteiger partial charge in [0.1, 0.15) is 12.1 Å². The van der Waals surface area contributed by atoms with Gasteiger partial charge in [0, 0.05) is 19.2 Å². The Hall–Kier alpha value is -1.85. The van der Waals surface area contributed by atoms with E-state index < -0.39 is 11.4 Å². The van der Waals surface area contributed by atoms with Crippen LogP contribution in [0.3, 0.4) is 0 Å². The molecule has 1 fully saturated rings. The third-order valence-corrected chi connectivity index (χ3v) is 4.08. The highest BCUT2D eigenvalue weighted by Gasteiger charge is 2.47. The molecule has 110 valence electrons. The monoisotopic (exact) mass is 279 g/mol. The van der Waals surface area contributed by atoms with Gasteiger partial charge in [-0.15, -0.1) is 0 Å². The topological polar surface area (TPSA) is 75.5 Å². The first-order valence-electron chi connectivity index (χ1n) is 6.93. The highest BCUT2D eigenvalue weighted by Crippen LogP contribution is 2.39. The molecule has 0 spiro atoms. The van der Waals surface area contributed by atoms with Gasteiger partial charge in [0.15, 0.2) is 0 Å². The zero-order valence-corrected chi connectivity index (χ0v) is 12.2. The van der Waals surface area contributed by atoms with Crippen LogP contribution in [0.5, 0.6) is 5.88 Å². The molecule has 1 saturated heterocycles. The molecule has 2 rings (SSSR count). The molecule has 1 N–H and O–H groups in total. The van der Waals surface area contributed by atoms with Gasteiger partial charge >= 0.3 is 5.97 Å². The molecule has 1 aliphatic heterocycles. The summed E-state index contributed by atoms with van der Waals surface area (Å²) in [7, 11) is 0. The molecule has 20 heavy (non-hydrogen) atoms. The van der Waals surface area contributed by atoms with Crippen molar-refractivity contribution in [1.29, 1.82) is 0 Å². The molecule has 1 aromatic rings. The number of carboxylic acid groups (broad SMARTS) is 1. The molecule has 1 aromatic heterocycles. The molecular weight excluding hydrogens is 258 g/mol. The number of carbonyl (C=O) groups is 1. The van der Waals surface area contributed by atoms with Crippen LogP contribution >= 0.6 is 0 Å². The van der Waals surface area contributed by atoms with E-state index in [1.807, 2.05) is 25.7 Å². The maximum atomic E-state index is 11.6. The Morgan fingerprint density at radius 2 is 2.30 bits per heavy atom. The second kappa shape index (κ2) is 5.64. The molecule has 1 unspecified atom stereocenters. The van der Waals surface area contributed by atoms with Gasteiger partial charge in [0.05, 0.1) is 12.0 Å². The van der Waals surface area contributed by atoms with Crippen molar-refractivity contribution in [3.05, 3.63) is 12.4 Å². The van der Waals surface area contributed by atoms with Gasteiger partial charge < -0.3 is 14.7 Å². The molecule has 1 aliphatic rings. The largest absolute Gasteiger partial charge is 0.481 e. The minimum atomic E-state index is -0.728. The van der Waals surface area contributed by atoms with Gasteiger partial charge in [-0.2, -0.15) is 0 Å². The van der Waals surface area contributed by atoms with Gasteiger partial charge in [-0.25, -0.2) is 9.97 Å². The smallest absolute Gasteiger partial charge is 0.311 e. The third kappa shape index (κ3) is 2.55. The summed E-state index contributed by atoms with van der Waals surface area (Å²) >= 11 is 0. The van der Waals surface area contributed by atoms with Crippen LogP contribution in [0.4, 0.5) is 5.82 Å². The van der Waals surface area contributed by atoms with E-state index in [1.54, 1.807) is 6.07 Å². The molecule has 1 atom stereocenters. The van der Waals surface area contributed by atoms with Crippen molar-refractivity contribution in [2.75, 3.05) is 24.6 Å². The standard InChI is InChI=1S/C14H21N3O3/c1-4-20-12-7-11(15-9-16-12)17-6-5-14(8-17,10(2)3)13(18)19/h7,9-10H,4-6,8H2,1-3H3,(H,18,19). The molecule has 0 radical (unpaired) electrons. The first-order valence-corrected chi connectivity index (χ1v) is 6.93. The summed E-state index contributed by atoms with van der Waals surface area (Å²) in [6, 6.07) is 1.77. The zero-order valence-electron chi connectivity index (χ0n) is 12.2. The van der Waals surface area contributed by atoms with Crippen molar-refractivity contribution < 1.29 is 14.6 Å². The molecule has 0 amide bonds. The SMILES string of the molecule is CCOc1cc(N2CCC(C(=O)O)(C(C)C)C2)ncn1. The Bertz CT molecular complexity index is 492. The average Bonchev–Trinajstić information content (AvgIpc) is 2.86. The van der Waals surface area contributed by atoms with Crippen LogP contribution in [0.25, 0.3) is 0 Å². The second-order valence-electron chi connectivity index (χ2n) is 5.44. The van der Waals surface area contributed by atoms with E-state index in [-0.39, 0.29) is 5.92 Å². The summed E-state index contributed by atoms with van der Waals surface area (Å²) in [5, 5.41) is 9.55. The van der Waals surface area contributed by atoms with Gasteiger partial charge in [-0.05, 0) is 19.3 Å². The van der Waals surface area contributed by atoms with E-state index in [9.17, 15) is 9.90 Å². The third-order valence-electron chi connectivity index (χ3n) is 4.08. The number of nitrogens with zero attached hydrogens (tertiary/aromatic N) is 3. The van der Waals surface area contributed by atoms with E-state index in [4.69, 9.17) is 4.74 Å². The lowest BCUT2D eigenvalue weighted by atomic mass is 9.76. The van der Waals surface area contributed by atoms with Crippen LogP contribution < -0.4 is 9.64 Å². The summed E-state index contributed by atoms with van der Waals surface area (Å²) < 4.78 is 5.36. The van der Waals surface area contributed by atoms with Crippen LogP contribution in [-0.4, -0.2) is 40.7 Å². The van der Waals surface area contributed by atoms with Crippen LogP contribution in [0.15, 0.2) is 12.4 Å². The summed E-state index contributed by atoms with van der Waals surface area (Å²) in [5.41, 5.74) is -0.698. The van der Waals surface area contributed by atoms with Gasteiger partial charge in [-0.1, -0.05) is 13.8 Å². The normalized spacial score (nSPS) is 22.3. The van der Waals surface area contributed by atoms with Crippen LogP contribution in [0.1, 0.15) is 27.2 Å². The maximum Gasteiger partial charge on any atom is 0.311 e. The lowest BCUT2D eigenvalue weighted by molar-refractivity contribution is -0.150. The number of hydrogen-bond acceptors (Lipinski definition) is 5. The molecule has 0 aromatic carbocycles. The minimum absolute atomic E-state index is 0.0817. The van der Waals surface area contributed by atoms with E-state index in [0.717, 1.165) is 5.82 Å². The Labute approximate surface area is 118 Å². The first-order chi connectivity index (χ1) is 9.49. The summed E-state index contributed by atoms with van der Waals surface area (Å²) in [6.07, 6.45) is 2.09. The van der Waals surface area contributed by atoms with Crippen molar-refractivity contribution >= 4 is 11.8 Å². The molecular formula is C14H21N3O3. The number of aromatic nitrogens is 2. The number of anilines is 1. The van der Waals surface area contributed by atoms with Crippen molar-refractivity contribution in [2.45, 2.75) is 27.2 Å². The quantitative estimate of drug-likeness (QED) is 0.886. The molecule has 6 nitrogen and oxygen atoms in total. The number of hydrogen-bond donors (Lipinski definition) is 1. The van der Waals surface area contributed by atoms with Crippen molar-refractivity contribution in [2.24, 2.45) is 11.3 Å². The van der Waals surface area contributed by atoms with Gasteiger partial charge in [0.25, 0.3) is 0 Å². The summed E-state index contributed by atoms with van der Waals surface area (Å²) in [5.74, 6) is 0.606. The summed E-state index contributed by atoms with van der Waals surface area (Å²) in [6.45, 7) is 7.52. The number of rotatable bonds is 5. The zero-order chi connectivity index (χ0) is 14.8. The van der Waals surface area contributed by atoms with E-state index >= 15 is 0 Å². The van der Waals surface area contributed by atoms with Gasteiger partial charge in [-0.3, -0.25) is 4.79 Å². The lowest BCUT2D eigenvalue weighted by Gasteiger charge is -2.28. The van der Waals surface area contributed by atoms with Crippen molar-refractivity contribution in [3.8, 4) is 5.88 Å². The highest BCUT2D eigenvalue weighted by molar-refractivity contribution is 5.77.